The second kappa shape index (κ2) is 9.39. The van der Waals surface area contributed by atoms with E-state index >= 15 is 0 Å². The van der Waals surface area contributed by atoms with Crippen molar-refractivity contribution in [2.75, 3.05) is 17.5 Å². The maximum absolute atomic E-state index is 12.9. The van der Waals surface area contributed by atoms with Crippen LogP contribution >= 0.6 is 0 Å². The van der Waals surface area contributed by atoms with Crippen molar-refractivity contribution < 1.29 is 24.4 Å². The number of nitrogens with zero attached hydrogens (tertiary/aromatic N) is 5. The molecule has 0 aliphatic carbocycles. The molecule has 0 fully saturated rings. The highest BCUT2D eigenvalue weighted by Crippen LogP contribution is 2.37. The number of hydrogen-bond donors (Lipinski definition) is 2. The van der Waals surface area contributed by atoms with Gasteiger partial charge in [0.05, 0.1) is 24.1 Å². The van der Waals surface area contributed by atoms with Crippen LogP contribution < -0.4 is 15.2 Å². The van der Waals surface area contributed by atoms with Crippen LogP contribution in [-0.2, 0) is 4.79 Å². The summed E-state index contributed by atoms with van der Waals surface area (Å²) in [6.07, 6.45) is 1.18. The number of benzene rings is 2. The highest BCUT2D eigenvalue weighted by atomic mass is 16.6. The van der Waals surface area contributed by atoms with Crippen molar-refractivity contribution in [3.05, 3.63) is 76.5 Å². The number of carbonyl (C=O) groups is 2. The van der Waals surface area contributed by atoms with Gasteiger partial charge >= 0.3 is 17.7 Å². The quantitative estimate of drug-likeness (QED) is 0.388. The fourth-order valence-corrected chi connectivity index (χ4v) is 3.42. The van der Waals surface area contributed by atoms with Crippen molar-refractivity contribution in [1.82, 2.24) is 4.98 Å². The largest absolute Gasteiger partial charge is 0.494 e. The van der Waals surface area contributed by atoms with E-state index in [9.17, 15) is 24.8 Å². The molecule has 0 bridgehead atoms. The first-order valence-corrected chi connectivity index (χ1v) is 10.1. The van der Waals surface area contributed by atoms with E-state index in [0.717, 1.165) is 5.01 Å². The SMILES string of the molecule is COc1c(N/N=C2/C(=O)N(c3ccc([N+](=O)[O-])nc3)N=C2C)cccc1-c1cccc(C(=O)O)c1. The minimum Gasteiger partial charge on any atom is -0.494 e. The third-order valence-corrected chi connectivity index (χ3v) is 5.08. The average Bonchev–Trinajstić information content (AvgIpc) is 3.15. The third kappa shape index (κ3) is 4.53. The van der Waals surface area contributed by atoms with Gasteiger partial charge in [-0.2, -0.15) is 15.2 Å². The van der Waals surface area contributed by atoms with Gasteiger partial charge in [-0.1, -0.05) is 24.3 Å². The van der Waals surface area contributed by atoms with Gasteiger partial charge in [-0.15, -0.1) is 0 Å². The number of carboxylic acids is 1. The van der Waals surface area contributed by atoms with Crippen molar-refractivity contribution in [3.8, 4) is 16.9 Å². The van der Waals surface area contributed by atoms with Gasteiger partial charge in [-0.05, 0) is 46.7 Å². The van der Waals surface area contributed by atoms with Crippen LogP contribution in [0.5, 0.6) is 5.75 Å². The molecule has 0 radical (unpaired) electrons. The van der Waals surface area contributed by atoms with Crippen LogP contribution in [0.3, 0.4) is 0 Å². The Hall–Kier alpha value is -5.13. The molecule has 35 heavy (non-hydrogen) atoms. The number of para-hydroxylation sites is 1. The lowest BCUT2D eigenvalue weighted by molar-refractivity contribution is -0.389. The van der Waals surface area contributed by atoms with E-state index < -0.39 is 16.8 Å². The highest BCUT2D eigenvalue weighted by Gasteiger charge is 2.32. The summed E-state index contributed by atoms with van der Waals surface area (Å²) in [7, 11) is 1.47. The summed E-state index contributed by atoms with van der Waals surface area (Å²) >= 11 is 0. The molecule has 1 aliphatic rings. The van der Waals surface area contributed by atoms with E-state index in [4.69, 9.17) is 4.74 Å². The Kier molecular flexibility index (Phi) is 6.18. The molecule has 12 heteroatoms. The van der Waals surface area contributed by atoms with Crippen LogP contribution in [0.1, 0.15) is 17.3 Å². The summed E-state index contributed by atoms with van der Waals surface area (Å²) in [5, 5.41) is 29.5. The zero-order chi connectivity index (χ0) is 25.1. The summed E-state index contributed by atoms with van der Waals surface area (Å²) in [6.45, 7) is 1.60. The van der Waals surface area contributed by atoms with Gasteiger partial charge in [0.25, 0.3) is 0 Å². The molecule has 176 valence electrons. The lowest BCUT2D eigenvalue weighted by Crippen LogP contribution is -2.28. The summed E-state index contributed by atoms with van der Waals surface area (Å²) in [5.74, 6) is -1.54. The molecule has 0 spiro atoms. The molecule has 0 saturated carbocycles. The number of hydrazone groups is 2. The van der Waals surface area contributed by atoms with Gasteiger partial charge in [0.1, 0.15) is 5.69 Å². The molecule has 1 aliphatic heterocycles. The number of rotatable bonds is 7. The molecular formula is C23H18N6O6. The van der Waals surface area contributed by atoms with Crippen LogP contribution in [0.25, 0.3) is 11.1 Å². The molecule has 1 aromatic heterocycles. The number of amides is 1. The first-order valence-electron chi connectivity index (χ1n) is 10.1. The van der Waals surface area contributed by atoms with E-state index in [1.165, 1.54) is 37.6 Å². The van der Waals surface area contributed by atoms with Gasteiger partial charge in [0.15, 0.2) is 17.7 Å². The van der Waals surface area contributed by atoms with Gasteiger partial charge in [0.2, 0.25) is 0 Å². The van der Waals surface area contributed by atoms with Gasteiger partial charge in [-0.25, -0.2) is 4.79 Å². The van der Waals surface area contributed by atoms with Gasteiger partial charge in [0, 0.05) is 11.6 Å². The molecule has 4 rings (SSSR count). The number of anilines is 2. The van der Waals surface area contributed by atoms with Crippen LogP contribution in [0.2, 0.25) is 0 Å². The molecule has 1 amide bonds. The standard InChI is InChI=1S/C23H18N6O6/c1-13-20(22(30)28(27-13)16-9-10-19(24-12-16)29(33)34)26-25-18-8-4-7-17(21(18)35-2)14-5-3-6-15(11-14)23(31)32/h3-12,25H,1-2H3,(H,31,32)/b26-20+. The fraction of sp³-hybridized carbons (Fsp3) is 0.0870. The summed E-state index contributed by atoms with van der Waals surface area (Å²) < 4.78 is 5.55. The number of ether oxygens (including phenoxy) is 1. The number of nitro groups is 1. The van der Waals surface area contributed by atoms with Gasteiger partial charge < -0.3 is 20.0 Å². The van der Waals surface area contributed by atoms with Crippen molar-refractivity contribution in [3.63, 3.8) is 0 Å². The molecule has 0 saturated heterocycles. The summed E-state index contributed by atoms with van der Waals surface area (Å²) in [4.78, 5) is 38.1. The number of aromatic nitrogens is 1. The molecule has 2 N–H and O–H groups in total. The number of carbonyl (C=O) groups excluding carboxylic acids is 1. The fourth-order valence-electron chi connectivity index (χ4n) is 3.42. The smallest absolute Gasteiger partial charge is 0.363 e. The Morgan fingerprint density at radius 2 is 1.97 bits per heavy atom. The molecule has 12 nitrogen and oxygen atoms in total. The normalized spacial score (nSPS) is 14.1. The van der Waals surface area contributed by atoms with E-state index in [-0.39, 0.29) is 22.8 Å². The maximum Gasteiger partial charge on any atom is 0.363 e. The zero-order valence-corrected chi connectivity index (χ0v) is 18.5. The predicted octanol–water partition coefficient (Wildman–Crippen LogP) is 3.55. The van der Waals surface area contributed by atoms with Crippen LogP contribution in [0, 0.1) is 10.1 Å². The molecule has 0 atom stereocenters. The Bertz CT molecular complexity index is 1400. The van der Waals surface area contributed by atoms with Crippen molar-refractivity contribution in [1.29, 1.82) is 0 Å². The van der Waals surface area contributed by atoms with Crippen LogP contribution in [0.4, 0.5) is 17.2 Å². The van der Waals surface area contributed by atoms with E-state index in [0.29, 0.717) is 28.3 Å². The molecule has 2 aromatic carbocycles. The number of hydrogen-bond acceptors (Lipinski definition) is 9. The molecular weight excluding hydrogens is 456 g/mol. The minimum absolute atomic E-state index is 0.0312. The maximum atomic E-state index is 12.9. The predicted molar refractivity (Wildman–Crippen MR) is 128 cm³/mol. The monoisotopic (exact) mass is 474 g/mol. The number of pyridine rings is 1. The number of nitrogens with one attached hydrogen (secondary N) is 1. The van der Waals surface area contributed by atoms with Crippen molar-refractivity contribution in [2.45, 2.75) is 6.92 Å². The Morgan fingerprint density at radius 3 is 2.63 bits per heavy atom. The second-order valence-electron chi connectivity index (χ2n) is 7.28. The molecule has 3 aromatic rings. The Morgan fingerprint density at radius 1 is 1.20 bits per heavy atom. The average molecular weight is 474 g/mol. The second-order valence-corrected chi connectivity index (χ2v) is 7.28. The highest BCUT2D eigenvalue weighted by molar-refractivity contribution is 6.71. The first kappa shape index (κ1) is 23.0. The number of carboxylic acid groups (broad SMARTS) is 1. The molecule has 0 unspecified atom stereocenters. The Balaban J connectivity index is 1.61. The first-order chi connectivity index (χ1) is 16.8. The van der Waals surface area contributed by atoms with Crippen LogP contribution in [0.15, 0.2) is 71.0 Å². The van der Waals surface area contributed by atoms with E-state index in [2.05, 4.69) is 20.6 Å². The minimum atomic E-state index is -1.05. The number of aromatic carboxylic acids is 1. The Labute approximate surface area is 198 Å². The topological polar surface area (TPSA) is 160 Å². The van der Waals surface area contributed by atoms with Gasteiger partial charge in [-0.3, -0.25) is 10.2 Å². The lowest BCUT2D eigenvalue weighted by atomic mass is 10.0. The van der Waals surface area contributed by atoms with E-state index in [1.54, 1.807) is 37.3 Å². The van der Waals surface area contributed by atoms with E-state index in [1.807, 2.05) is 0 Å². The lowest BCUT2D eigenvalue weighted by Gasteiger charge is -2.14. The van der Waals surface area contributed by atoms with Crippen LogP contribution in [-0.4, -0.2) is 45.4 Å². The third-order valence-electron chi connectivity index (χ3n) is 5.08. The number of methoxy groups -OCH3 is 1. The summed E-state index contributed by atoms with van der Waals surface area (Å²) in [6, 6.07) is 14.2. The van der Waals surface area contributed by atoms with Crippen molar-refractivity contribution in [2.24, 2.45) is 10.2 Å². The zero-order valence-electron chi connectivity index (χ0n) is 18.5. The molecule has 2 heterocycles. The summed E-state index contributed by atoms with van der Waals surface area (Å²) in [5.41, 5.74) is 5.26. The van der Waals surface area contributed by atoms with Crippen molar-refractivity contribution >= 4 is 40.5 Å².